The standard InChI is InChI=1S/C15H23NO/c1-2-13-8-10-14(11-9-13)15(17)7-5-3-4-6-12-16/h8-11H,2-7,12,16H2,1H3. The number of carbonyl (C=O) groups is 1. The van der Waals surface area contributed by atoms with Crippen LogP contribution < -0.4 is 5.73 Å². The first-order valence-electron chi connectivity index (χ1n) is 6.60. The Morgan fingerprint density at radius 3 is 2.29 bits per heavy atom. The first-order chi connectivity index (χ1) is 8.27. The molecule has 0 saturated carbocycles. The van der Waals surface area contributed by atoms with E-state index < -0.39 is 0 Å². The molecule has 0 aliphatic heterocycles. The van der Waals surface area contributed by atoms with Gasteiger partial charge in [-0.05, 0) is 31.4 Å². The van der Waals surface area contributed by atoms with Crippen LogP contribution in [0.5, 0.6) is 0 Å². The van der Waals surface area contributed by atoms with Crippen molar-refractivity contribution >= 4 is 5.78 Å². The molecule has 0 unspecified atom stereocenters. The van der Waals surface area contributed by atoms with Crippen molar-refractivity contribution in [2.24, 2.45) is 5.73 Å². The van der Waals surface area contributed by atoms with Gasteiger partial charge in [-0.15, -0.1) is 0 Å². The van der Waals surface area contributed by atoms with E-state index in [-0.39, 0.29) is 5.78 Å². The van der Waals surface area contributed by atoms with Crippen LogP contribution in [0.1, 0.15) is 54.9 Å². The topological polar surface area (TPSA) is 43.1 Å². The van der Waals surface area contributed by atoms with Crippen LogP contribution in [-0.2, 0) is 6.42 Å². The molecule has 0 atom stereocenters. The molecule has 2 N–H and O–H groups in total. The first-order valence-corrected chi connectivity index (χ1v) is 6.60. The minimum atomic E-state index is 0.264. The fourth-order valence-electron chi connectivity index (χ4n) is 1.85. The van der Waals surface area contributed by atoms with Crippen LogP contribution in [0.2, 0.25) is 0 Å². The van der Waals surface area contributed by atoms with Crippen molar-refractivity contribution in [1.29, 1.82) is 0 Å². The molecule has 0 amide bonds. The van der Waals surface area contributed by atoms with Crippen molar-refractivity contribution < 1.29 is 4.79 Å². The molecule has 0 aliphatic rings. The van der Waals surface area contributed by atoms with Crippen LogP contribution in [0.3, 0.4) is 0 Å². The van der Waals surface area contributed by atoms with E-state index in [4.69, 9.17) is 5.73 Å². The molecule has 17 heavy (non-hydrogen) atoms. The third-order valence-electron chi connectivity index (χ3n) is 3.04. The summed E-state index contributed by atoms with van der Waals surface area (Å²) in [4.78, 5) is 11.9. The summed E-state index contributed by atoms with van der Waals surface area (Å²) in [7, 11) is 0. The van der Waals surface area contributed by atoms with Crippen molar-refractivity contribution in [2.45, 2.75) is 45.4 Å². The number of ketones is 1. The Balaban J connectivity index is 2.31. The van der Waals surface area contributed by atoms with E-state index in [1.165, 1.54) is 5.56 Å². The van der Waals surface area contributed by atoms with Crippen molar-refractivity contribution in [2.75, 3.05) is 6.54 Å². The lowest BCUT2D eigenvalue weighted by Gasteiger charge is -2.02. The van der Waals surface area contributed by atoms with Gasteiger partial charge in [-0.25, -0.2) is 0 Å². The summed E-state index contributed by atoms with van der Waals surface area (Å²) in [5.41, 5.74) is 7.55. The average Bonchev–Trinajstić information content (AvgIpc) is 2.38. The zero-order chi connectivity index (χ0) is 12.5. The van der Waals surface area contributed by atoms with E-state index in [0.717, 1.165) is 44.2 Å². The molecule has 2 nitrogen and oxygen atoms in total. The maximum Gasteiger partial charge on any atom is 0.162 e. The summed E-state index contributed by atoms with van der Waals surface area (Å²) in [6.07, 6.45) is 5.98. The molecular weight excluding hydrogens is 210 g/mol. The minimum Gasteiger partial charge on any atom is -0.330 e. The zero-order valence-corrected chi connectivity index (χ0v) is 10.7. The number of Topliss-reactive ketones (excluding diaryl/α,β-unsaturated/α-hetero) is 1. The van der Waals surface area contributed by atoms with Crippen molar-refractivity contribution in [1.82, 2.24) is 0 Å². The van der Waals surface area contributed by atoms with Gasteiger partial charge in [0.2, 0.25) is 0 Å². The Labute approximate surface area is 104 Å². The van der Waals surface area contributed by atoms with Crippen molar-refractivity contribution in [3.8, 4) is 0 Å². The van der Waals surface area contributed by atoms with Gasteiger partial charge in [-0.2, -0.15) is 0 Å². The van der Waals surface area contributed by atoms with Crippen molar-refractivity contribution in [3.63, 3.8) is 0 Å². The van der Waals surface area contributed by atoms with Crippen LogP contribution in [0.25, 0.3) is 0 Å². The summed E-state index contributed by atoms with van der Waals surface area (Å²) in [5, 5.41) is 0. The van der Waals surface area contributed by atoms with Gasteiger partial charge in [0.15, 0.2) is 5.78 Å². The molecule has 0 aromatic heterocycles. The molecule has 0 saturated heterocycles. The maximum atomic E-state index is 11.9. The molecular formula is C15H23NO. The van der Waals surface area contributed by atoms with Crippen LogP contribution in [0.4, 0.5) is 0 Å². The Morgan fingerprint density at radius 2 is 1.71 bits per heavy atom. The summed E-state index contributed by atoms with van der Waals surface area (Å²) < 4.78 is 0. The van der Waals surface area contributed by atoms with E-state index >= 15 is 0 Å². The van der Waals surface area contributed by atoms with Gasteiger partial charge >= 0.3 is 0 Å². The predicted molar refractivity (Wildman–Crippen MR) is 72.3 cm³/mol. The molecule has 0 bridgehead atoms. The number of aryl methyl sites for hydroxylation is 1. The normalized spacial score (nSPS) is 10.5. The molecule has 1 rings (SSSR count). The van der Waals surface area contributed by atoms with E-state index in [1.54, 1.807) is 0 Å². The van der Waals surface area contributed by atoms with E-state index in [2.05, 4.69) is 6.92 Å². The van der Waals surface area contributed by atoms with Gasteiger partial charge < -0.3 is 5.73 Å². The van der Waals surface area contributed by atoms with Gasteiger partial charge in [0.1, 0.15) is 0 Å². The minimum absolute atomic E-state index is 0.264. The van der Waals surface area contributed by atoms with Crippen LogP contribution in [0, 0.1) is 0 Å². The zero-order valence-electron chi connectivity index (χ0n) is 10.7. The quantitative estimate of drug-likeness (QED) is 0.553. The summed E-state index contributed by atoms with van der Waals surface area (Å²) in [5.74, 6) is 0.264. The lowest BCUT2D eigenvalue weighted by molar-refractivity contribution is 0.0979. The lowest BCUT2D eigenvalue weighted by atomic mass is 10.0. The highest BCUT2D eigenvalue weighted by Crippen LogP contribution is 2.10. The highest BCUT2D eigenvalue weighted by atomic mass is 16.1. The summed E-state index contributed by atoms with van der Waals surface area (Å²) >= 11 is 0. The second-order valence-electron chi connectivity index (χ2n) is 4.43. The lowest BCUT2D eigenvalue weighted by Crippen LogP contribution is -2.00. The highest BCUT2D eigenvalue weighted by molar-refractivity contribution is 5.96. The molecule has 0 aliphatic carbocycles. The van der Waals surface area contributed by atoms with Gasteiger partial charge in [0.05, 0.1) is 0 Å². The second-order valence-corrected chi connectivity index (χ2v) is 4.43. The molecule has 1 aromatic rings. The number of unbranched alkanes of at least 4 members (excludes halogenated alkanes) is 3. The third-order valence-corrected chi connectivity index (χ3v) is 3.04. The molecule has 0 heterocycles. The molecule has 94 valence electrons. The fourth-order valence-corrected chi connectivity index (χ4v) is 1.85. The Bertz CT molecular complexity index is 329. The smallest absolute Gasteiger partial charge is 0.162 e. The molecule has 0 radical (unpaired) electrons. The predicted octanol–water partition coefficient (Wildman–Crippen LogP) is 3.34. The molecule has 0 spiro atoms. The number of carbonyl (C=O) groups excluding carboxylic acids is 1. The molecule has 1 aromatic carbocycles. The fraction of sp³-hybridized carbons (Fsp3) is 0.533. The molecule has 0 fully saturated rings. The maximum absolute atomic E-state index is 11.9. The number of nitrogens with two attached hydrogens (primary N) is 1. The summed E-state index contributed by atoms with van der Waals surface area (Å²) in [6, 6.07) is 7.98. The largest absolute Gasteiger partial charge is 0.330 e. The van der Waals surface area contributed by atoms with Gasteiger partial charge in [0, 0.05) is 12.0 Å². The third kappa shape index (κ3) is 5.14. The van der Waals surface area contributed by atoms with Crippen molar-refractivity contribution in [3.05, 3.63) is 35.4 Å². The number of rotatable bonds is 8. The Kier molecular flexibility index (Phi) is 6.56. The average molecular weight is 233 g/mol. The van der Waals surface area contributed by atoms with Crippen LogP contribution in [0.15, 0.2) is 24.3 Å². The number of benzene rings is 1. The Morgan fingerprint density at radius 1 is 1.06 bits per heavy atom. The van der Waals surface area contributed by atoms with E-state index in [0.29, 0.717) is 6.42 Å². The molecule has 2 heteroatoms. The van der Waals surface area contributed by atoms with Gasteiger partial charge in [-0.1, -0.05) is 44.0 Å². The summed E-state index contributed by atoms with van der Waals surface area (Å²) in [6.45, 7) is 2.88. The highest BCUT2D eigenvalue weighted by Gasteiger charge is 2.04. The second kappa shape index (κ2) is 8.02. The van der Waals surface area contributed by atoms with E-state index in [1.807, 2.05) is 24.3 Å². The number of hydrogen-bond donors (Lipinski definition) is 1. The number of hydrogen-bond acceptors (Lipinski definition) is 2. The van der Waals surface area contributed by atoms with Gasteiger partial charge in [0.25, 0.3) is 0 Å². The van der Waals surface area contributed by atoms with Crippen LogP contribution >= 0.6 is 0 Å². The first kappa shape index (κ1) is 13.9. The van der Waals surface area contributed by atoms with Gasteiger partial charge in [-0.3, -0.25) is 4.79 Å². The monoisotopic (exact) mass is 233 g/mol. The van der Waals surface area contributed by atoms with Crippen LogP contribution in [-0.4, -0.2) is 12.3 Å². The SMILES string of the molecule is CCc1ccc(C(=O)CCCCCCN)cc1. The Hall–Kier alpha value is -1.15. The van der Waals surface area contributed by atoms with E-state index in [9.17, 15) is 4.79 Å².